The van der Waals surface area contributed by atoms with E-state index in [-0.39, 0.29) is 29.5 Å². The smallest absolute Gasteiger partial charge is 0.323 e. The molecule has 4 rings (SSSR count). The topological polar surface area (TPSA) is 98.5 Å². The van der Waals surface area contributed by atoms with Crippen molar-refractivity contribution in [1.82, 2.24) is 24.3 Å². The molecule has 1 aliphatic heterocycles. The second kappa shape index (κ2) is 12.4. The van der Waals surface area contributed by atoms with Crippen LogP contribution in [0, 0.1) is 18.8 Å². The number of aromatic nitrogens is 3. The molecule has 1 saturated heterocycles. The van der Waals surface area contributed by atoms with Gasteiger partial charge in [-0.05, 0) is 69.2 Å². The molecule has 1 aliphatic rings. The zero-order chi connectivity index (χ0) is 29.1. The number of esters is 1. The van der Waals surface area contributed by atoms with E-state index in [1.165, 1.54) is 0 Å². The Bertz CT molecular complexity index is 1410. The summed E-state index contributed by atoms with van der Waals surface area (Å²) >= 11 is 0. The Hall–Kier alpha value is -3.46. The maximum Gasteiger partial charge on any atom is 0.323 e. The summed E-state index contributed by atoms with van der Waals surface area (Å²) in [4.78, 5) is 44.1. The van der Waals surface area contributed by atoms with E-state index in [0.29, 0.717) is 18.0 Å². The SMILES string of the molecule is CC(=O)N1CCC[C@H](Cn2c(-c3cc(C)c(=O)n(C)c3)nc3cc(CNC(C(=O)OC(C)C)C(C)C)ccc32)C1. The standard InChI is InChI=1S/C31H43N5O4/c1-19(2)28(31(39)40-20(3)4)32-15-23-10-11-27-26(14-23)33-29(25-13-21(5)30(38)34(7)18-25)36(27)17-24-9-8-12-35(16-24)22(6)37/h10-11,13-14,18-20,24,28,32H,8-9,12,15-17H2,1-7H3/t24-,28?/m0/s1. The number of piperidine rings is 1. The first kappa shape index (κ1) is 29.5. The molecule has 1 N–H and O–H groups in total. The van der Waals surface area contributed by atoms with Crippen molar-refractivity contribution in [1.29, 1.82) is 0 Å². The number of ether oxygens (including phenoxy) is 1. The molecule has 2 aromatic heterocycles. The van der Waals surface area contributed by atoms with Crippen molar-refractivity contribution in [3.63, 3.8) is 0 Å². The highest BCUT2D eigenvalue weighted by molar-refractivity contribution is 5.81. The predicted molar refractivity (Wildman–Crippen MR) is 157 cm³/mol. The van der Waals surface area contributed by atoms with E-state index in [0.717, 1.165) is 60.5 Å². The van der Waals surface area contributed by atoms with Crippen LogP contribution in [0.4, 0.5) is 0 Å². The van der Waals surface area contributed by atoms with Crippen LogP contribution in [-0.2, 0) is 34.5 Å². The number of hydrogen-bond acceptors (Lipinski definition) is 6. The normalized spacial score (nSPS) is 16.6. The van der Waals surface area contributed by atoms with Crippen molar-refractivity contribution < 1.29 is 14.3 Å². The summed E-state index contributed by atoms with van der Waals surface area (Å²) in [6.07, 6.45) is 3.70. The molecule has 9 nitrogen and oxygen atoms in total. The van der Waals surface area contributed by atoms with Gasteiger partial charge in [-0.25, -0.2) is 4.98 Å². The number of carbonyl (C=O) groups excluding carboxylic acids is 2. The van der Waals surface area contributed by atoms with Crippen LogP contribution in [0.2, 0.25) is 0 Å². The highest BCUT2D eigenvalue weighted by Gasteiger charge is 2.26. The number of rotatable bonds is 9. The number of fused-ring (bicyclic) bond motifs is 1. The van der Waals surface area contributed by atoms with Gasteiger partial charge in [-0.15, -0.1) is 0 Å². The van der Waals surface area contributed by atoms with Crippen molar-refractivity contribution in [2.75, 3.05) is 13.1 Å². The lowest BCUT2D eigenvalue weighted by Crippen LogP contribution is -2.42. The number of nitrogens with zero attached hydrogens (tertiary/aromatic N) is 4. The fourth-order valence-electron chi connectivity index (χ4n) is 5.57. The summed E-state index contributed by atoms with van der Waals surface area (Å²) in [6, 6.07) is 7.71. The lowest BCUT2D eigenvalue weighted by Gasteiger charge is -2.32. The third-order valence-electron chi connectivity index (χ3n) is 7.64. The zero-order valence-electron chi connectivity index (χ0n) is 24.9. The lowest BCUT2D eigenvalue weighted by molar-refractivity contribution is -0.151. The first-order valence-corrected chi connectivity index (χ1v) is 14.3. The number of hydrogen-bond donors (Lipinski definition) is 1. The van der Waals surface area contributed by atoms with E-state index >= 15 is 0 Å². The van der Waals surface area contributed by atoms with Crippen LogP contribution < -0.4 is 10.9 Å². The molecule has 0 bridgehead atoms. The van der Waals surface area contributed by atoms with E-state index in [2.05, 4.69) is 28.1 Å². The highest BCUT2D eigenvalue weighted by Crippen LogP contribution is 2.29. The monoisotopic (exact) mass is 549 g/mol. The molecule has 0 spiro atoms. The van der Waals surface area contributed by atoms with Gasteiger partial charge in [0.15, 0.2) is 0 Å². The van der Waals surface area contributed by atoms with E-state index in [1.54, 1.807) is 18.5 Å². The Morgan fingerprint density at radius 1 is 1.18 bits per heavy atom. The summed E-state index contributed by atoms with van der Waals surface area (Å²) in [7, 11) is 1.76. The number of carbonyl (C=O) groups is 2. The van der Waals surface area contributed by atoms with Crippen molar-refractivity contribution in [2.24, 2.45) is 18.9 Å². The molecule has 1 aromatic carbocycles. The van der Waals surface area contributed by atoms with Gasteiger partial charge in [0.05, 0.1) is 17.1 Å². The van der Waals surface area contributed by atoms with Gasteiger partial charge in [-0.1, -0.05) is 19.9 Å². The third-order valence-corrected chi connectivity index (χ3v) is 7.64. The Labute approximate surface area is 236 Å². The largest absolute Gasteiger partial charge is 0.462 e. The minimum absolute atomic E-state index is 0.0279. The fraction of sp³-hybridized carbons (Fsp3) is 0.548. The molecule has 9 heteroatoms. The molecule has 40 heavy (non-hydrogen) atoms. The number of benzene rings is 1. The second-order valence-corrected chi connectivity index (χ2v) is 11.8. The van der Waals surface area contributed by atoms with Gasteiger partial charge in [-0.3, -0.25) is 14.4 Å². The first-order valence-electron chi connectivity index (χ1n) is 14.3. The van der Waals surface area contributed by atoms with Gasteiger partial charge in [0.25, 0.3) is 5.56 Å². The number of nitrogens with one attached hydrogen (secondary N) is 1. The molecule has 2 atom stereocenters. The van der Waals surface area contributed by atoms with Crippen LogP contribution in [-0.4, -0.2) is 56.1 Å². The summed E-state index contributed by atoms with van der Waals surface area (Å²) < 4.78 is 9.29. The summed E-state index contributed by atoms with van der Waals surface area (Å²) in [6.45, 7) is 13.9. The predicted octanol–water partition coefficient (Wildman–Crippen LogP) is 4.03. The average molecular weight is 550 g/mol. The quantitative estimate of drug-likeness (QED) is 0.405. The van der Waals surface area contributed by atoms with Gasteiger partial charge < -0.3 is 24.1 Å². The third kappa shape index (κ3) is 6.63. The van der Waals surface area contributed by atoms with E-state index in [1.807, 2.05) is 51.8 Å². The van der Waals surface area contributed by atoms with Crippen molar-refractivity contribution in [2.45, 2.75) is 79.6 Å². The van der Waals surface area contributed by atoms with E-state index in [9.17, 15) is 14.4 Å². The Balaban J connectivity index is 1.68. The summed E-state index contributed by atoms with van der Waals surface area (Å²) in [5, 5.41) is 3.38. The number of likely N-dealkylation sites (tertiary alicyclic amines) is 1. The molecular weight excluding hydrogens is 506 g/mol. The molecule has 3 heterocycles. The number of aryl methyl sites for hydroxylation is 2. The van der Waals surface area contributed by atoms with Crippen molar-refractivity contribution in [3.05, 3.63) is 51.9 Å². The minimum Gasteiger partial charge on any atom is -0.462 e. The number of imidazole rings is 1. The van der Waals surface area contributed by atoms with Crippen molar-refractivity contribution >= 4 is 22.9 Å². The maximum atomic E-state index is 12.6. The van der Waals surface area contributed by atoms with Crippen LogP contribution in [0.25, 0.3) is 22.4 Å². The molecule has 1 fully saturated rings. The molecule has 0 aliphatic carbocycles. The molecule has 0 radical (unpaired) electrons. The van der Waals surface area contributed by atoms with Gasteiger partial charge in [0, 0.05) is 57.5 Å². The fourth-order valence-corrected chi connectivity index (χ4v) is 5.57. The molecule has 216 valence electrons. The molecule has 1 unspecified atom stereocenters. The molecule has 1 amide bonds. The first-order chi connectivity index (χ1) is 18.9. The maximum absolute atomic E-state index is 12.6. The Kier molecular flexibility index (Phi) is 9.13. The van der Waals surface area contributed by atoms with E-state index in [4.69, 9.17) is 9.72 Å². The van der Waals surface area contributed by atoms with Gasteiger partial charge in [-0.2, -0.15) is 0 Å². The molecule has 0 saturated carbocycles. The Morgan fingerprint density at radius 2 is 1.93 bits per heavy atom. The van der Waals surface area contributed by atoms with Crippen LogP contribution >= 0.6 is 0 Å². The minimum atomic E-state index is -0.407. The van der Waals surface area contributed by atoms with Gasteiger partial charge in [0.2, 0.25) is 5.91 Å². The van der Waals surface area contributed by atoms with Crippen LogP contribution in [0.5, 0.6) is 0 Å². The molecule has 3 aromatic rings. The lowest BCUT2D eigenvalue weighted by atomic mass is 9.97. The highest BCUT2D eigenvalue weighted by atomic mass is 16.5. The van der Waals surface area contributed by atoms with Crippen LogP contribution in [0.15, 0.2) is 35.3 Å². The van der Waals surface area contributed by atoms with Crippen molar-refractivity contribution in [3.8, 4) is 11.4 Å². The van der Waals surface area contributed by atoms with Crippen LogP contribution in [0.1, 0.15) is 58.6 Å². The van der Waals surface area contributed by atoms with Crippen LogP contribution in [0.3, 0.4) is 0 Å². The van der Waals surface area contributed by atoms with Gasteiger partial charge in [0.1, 0.15) is 11.9 Å². The van der Waals surface area contributed by atoms with Gasteiger partial charge >= 0.3 is 5.97 Å². The van der Waals surface area contributed by atoms with E-state index < -0.39 is 6.04 Å². The number of amides is 1. The second-order valence-electron chi connectivity index (χ2n) is 11.8. The average Bonchev–Trinajstić information content (AvgIpc) is 3.24. The molecular formula is C31H43N5O4. The summed E-state index contributed by atoms with van der Waals surface area (Å²) in [5.74, 6) is 1.07. The summed E-state index contributed by atoms with van der Waals surface area (Å²) in [5.41, 5.74) is 4.39. The number of pyridine rings is 1. The Morgan fingerprint density at radius 3 is 2.58 bits per heavy atom. The zero-order valence-corrected chi connectivity index (χ0v) is 24.9.